The Kier molecular flexibility index (Phi) is 5.72. The number of benzene rings is 1. The van der Waals surface area contributed by atoms with Gasteiger partial charge in [0.2, 0.25) is 5.91 Å². The minimum atomic E-state index is 0.195. The van der Waals surface area contributed by atoms with Crippen molar-refractivity contribution in [2.24, 2.45) is 5.92 Å². The number of amides is 1. The van der Waals surface area contributed by atoms with E-state index in [2.05, 4.69) is 28.9 Å². The summed E-state index contributed by atoms with van der Waals surface area (Å²) >= 11 is 0. The van der Waals surface area contributed by atoms with Gasteiger partial charge in [0, 0.05) is 58.8 Å². The molecule has 0 unspecified atom stereocenters. The zero-order chi connectivity index (χ0) is 17.8. The summed E-state index contributed by atoms with van der Waals surface area (Å²) in [5.74, 6) is 0.823. The first kappa shape index (κ1) is 17.9. The Balaban J connectivity index is 1.59. The van der Waals surface area contributed by atoms with E-state index in [4.69, 9.17) is 5.26 Å². The normalized spacial score (nSPS) is 25.6. The van der Waals surface area contributed by atoms with Crippen LogP contribution >= 0.6 is 0 Å². The average molecular weight is 340 g/mol. The van der Waals surface area contributed by atoms with Crippen LogP contribution in [0, 0.1) is 17.2 Å². The standard InChI is InChI=1S/C20H28N4O/c1-16-13-22(14-19-6-3-5-18(11-19)12-21)15-20(16)24-8-4-7-23(9-10-24)17(2)25/h3,5-6,11,16,20H,4,7-10,13-15H2,1-2H3/t16-,20-/m1/s1. The predicted octanol–water partition coefficient (Wildman–Crippen LogP) is 1.93. The van der Waals surface area contributed by atoms with Crippen molar-refractivity contribution < 1.29 is 4.79 Å². The molecule has 2 aliphatic rings. The Morgan fingerprint density at radius 1 is 1.24 bits per heavy atom. The van der Waals surface area contributed by atoms with Gasteiger partial charge in [0.15, 0.2) is 0 Å². The lowest BCUT2D eigenvalue weighted by Gasteiger charge is -2.30. The third-order valence-electron chi connectivity index (χ3n) is 5.56. The van der Waals surface area contributed by atoms with Crippen LogP contribution in [-0.2, 0) is 11.3 Å². The van der Waals surface area contributed by atoms with E-state index in [1.54, 1.807) is 6.92 Å². The van der Waals surface area contributed by atoms with E-state index in [0.717, 1.165) is 57.8 Å². The highest BCUT2D eigenvalue weighted by Crippen LogP contribution is 2.24. The molecule has 0 radical (unpaired) electrons. The Morgan fingerprint density at radius 3 is 2.84 bits per heavy atom. The first-order valence-corrected chi connectivity index (χ1v) is 9.28. The van der Waals surface area contributed by atoms with Gasteiger partial charge in [-0.05, 0) is 30.0 Å². The molecule has 0 aromatic heterocycles. The van der Waals surface area contributed by atoms with E-state index in [1.165, 1.54) is 5.56 Å². The Hall–Kier alpha value is -1.90. The van der Waals surface area contributed by atoms with Crippen LogP contribution in [0.4, 0.5) is 0 Å². The van der Waals surface area contributed by atoms with Gasteiger partial charge in [-0.1, -0.05) is 19.1 Å². The Morgan fingerprint density at radius 2 is 2.08 bits per heavy atom. The molecule has 2 fully saturated rings. The molecule has 2 heterocycles. The Labute approximate surface area is 150 Å². The van der Waals surface area contributed by atoms with Crippen molar-refractivity contribution in [2.45, 2.75) is 32.9 Å². The van der Waals surface area contributed by atoms with Crippen molar-refractivity contribution in [2.75, 3.05) is 39.3 Å². The van der Waals surface area contributed by atoms with Crippen LogP contribution in [0.2, 0.25) is 0 Å². The summed E-state index contributed by atoms with van der Waals surface area (Å²) in [5, 5.41) is 9.07. The molecule has 3 rings (SSSR count). The first-order chi connectivity index (χ1) is 12.1. The van der Waals surface area contributed by atoms with Crippen molar-refractivity contribution in [3.63, 3.8) is 0 Å². The monoisotopic (exact) mass is 340 g/mol. The van der Waals surface area contributed by atoms with Gasteiger partial charge in [-0.15, -0.1) is 0 Å². The largest absolute Gasteiger partial charge is 0.342 e. The minimum absolute atomic E-state index is 0.195. The molecular weight excluding hydrogens is 312 g/mol. The summed E-state index contributed by atoms with van der Waals surface area (Å²) in [6.45, 7) is 10.9. The molecular formula is C20H28N4O. The van der Waals surface area contributed by atoms with Crippen LogP contribution in [0.15, 0.2) is 24.3 Å². The van der Waals surface area contributed by atoms with Crippen molar-refractivity contribution in [3.05, 3.63) is 35.4 Å². The molecule has 2 saturated heterocycles. The van der Waals surface area contributed by atoms with Crippen molar-refractivity contribution in [1.29, 1.82) is 5.26 Å². The van der Waals surface area contributed by atoms with Gasteiger partial charge < -0.3 is 4.90 Å². The topological polar surface area (TPSA) is 50.6 Å². The molecule has 1 amide bonds. The summed E-state index contributed by atoms with van der Waals surface area (Å²) < 4.78 is 0. The zero-order valence-electron chi connectivity index (χ0n) is 15.3. The fraction of sp³-hybridized carbons (Fsp3) is 0.600. The van der Waals surface area contributed by atoms with Gasteiger partial charge in [0.05, 0.1) is 11.6 Å². The fourth-order valence-electron chi connectivity index (χ4n) is 4.23. The molecule has 0 bridgehead atoms. The average Bonchev–Trinajstić information content (AvgIpc) is 2.82. The van der Waals surface area contributed by atoms with Gasteiger partial charge in [0.25, 0.3) is 0 Å². The fourth-order valence-corrected chi connectivity index (χ4v) is 4.23. The Bertz CT molecular complexity index is 653. The zero-order valence-corrected chi connectivity index (χ0v) is 15.3. The molecule has 0 aliphatic carbocycles. The lowest BCUT2D eigenvalue weighted by molar-refractivity contribution is -0.128. The highest BCUT2D eigenvalue weighted by molar-refractivity contribution is 5.73. The third-order valence-corrected chi connectivity index (χ3v) is 5.56. The molecule has 1 aromatic carbocycles. The van der Waals surface area contributed by atoms with Crippen molar-refractivity contribution >= 4 is 5.91 Å². The maximum atomic E-state index is 11.6. The van der Waals surface area contributed by atoms with Gasteiger partial charge in [0.1, 0.15) is 0 Å². The molecule has 0 spiro atoms. The number of likely N-dealkylation sites (tertiary alicyclic amines) is 1. The molecule has 0 N–H and O–H groups in total. The molecule has 134 valence electrons. The highest BCUT2D eigenvalue weighted by Gasteiger charge is 2.34. The highest BCUT2D eigenvalue weighted by atomic mass is 16.2. The number of nitriles is 1. The van der Waals surface area contributed by atoms with Gasteiger partial charge in [-0.2, -0.15) is 5.26 Å². The number of hydrogen-bond donors (Lipinski definition) is 0. The second kappa shape index (κ2) is 7.99. The molecule has 5 nitrogen and oxygen atoms in total. The quantitative estimate of drug-likeness (QED) is 0.844. The minimum Gasteiger partial charge on any atom is -0.342 e. The lowest BCUT2D eigenvalue weighted by atomic mass is 10.0. The summed E-state index contributed by atoms with van der Waals surface area (Å²) in [6, 6.07) is 10.7. The summed E-state index contributed by atoms with van der Waals surface area (Å²) in [7, 11) is 0. The van der Waals surface area contributed by atoms with E-state index in [1.807, 2.05) is 23.1 Å². The van der Waals surface area contributed by atoms with Crippen LogP contribution in [0.3, 0.4) is 0 Å². The maximum absolute atomic E-state index is 11.6. The number of rotatable bonds is 3. The van der Waals surface area contributed by atoms with Crippen LogP contribution in [0.1, 0.15) is 31.4 Å². The molecule has 5 heteroatoms. The number of carbonyl (C=O) groups excluding carboxylic acids is 1. The number of nitrogens with zero attached hydrogens (tertiary/aromatic N) is 4. The first-order valence-electron chi connectivity index (χ1n) is 9.28. The molecule has 2 aliphatic heterocycles. The van der Waals surface area contributed by atoms with Gasteiger partial charge in [-0.3, -0.25) is 14.6 Å². The number of carbonyl (C=O) groups is 1. The van der Waals surface area contributed by atoms with Crippen molar-refractivity contribution in [3.8, 4) is 6.07 Å². The van der Waals surface area contributed by atoms with E-state index < -0.39 is 0 Å². The SMILES string of the molecule is CC(=O)N1CCCN([C@@H]2CN(Cc3cccc(C#N)c3)C[C@H]2C)CC1. The van der Waals surface area contributed by atoms with E-state index in [9.17, 15) is 4.79 Å². The van der Waals surface area contributed by atoms with E-state index in [0.29, 0.717) is 12.0 Å². The second-order valence-corrected chi connectivity index (χ2v) is 7.45. The summed E-state index contributed by atoms with van der Waals surface area (Å²) in [6.07, 6.45) is 1.06. The van der Waals surface area contributed by atoms with Gasteiger partial charge in [-0.25, -0.2) is 0 Å². The number of hydrogen-bond acceptors (Lipinski definition) is 4. The van der Waals surface area contributed by atoms with Crippen LogP contribution in [0.25, 0.3) is 0 Å². The third kappa shape index (κ3) is 4.39. The lowest BCUT2D eigenvalue weighted by Crippen LogP contribution is -2.42. The van der Waals surface area contributed by atoms with E-state index in [-0.39, 0.29) is 5.91 Å². The van der Waals surface area contributed by atoms with Crippen LogP contribution in [-0.4, -0.2) is 65.9 Å². The summed E-state index contributed by atoms with van der Waals surface area (Å²) in [4.78, 5) is 18.7. The molecule has 2 atom stereocenters. The van der Waals surface area contributed by atoms with Crippen LogP contribution < -0.4 is 0 Å². The van der Waals surface area contributed by atoms with Gasteiger partial charge >= 0.3 is 0 Å². The smallest absolute Gasteiger partial charge is 0.219 e. The predicted molar refractivity (Wildman–Crippen MR) is 97.8 cm³/mol. The summed E-state index contributed by atoms with van der Waals surface area (Å²) in [5.41, 5.74) is 1.95. The maximum Gasteiger partial charge on any atom is 0.219 e. The van der Waals surface area contributed by atoms with Crippen LogP contribution in [0.5, 0.6) is 0 Å². The molecule has 1 aromatic rings. The molecule has 25 heavy (non-hydrogen) atoms. The van der Waals surface area contributed by atoms with E-state index >= 15 is 0 Å². The van der Waals surface area contributed by atoms with Crippen molar-refractivity contribution in [1.82, 2.24) is 14.7 Å². The second-order valence-electron chi connectivity index (χ2n) is 7.45. The molecule has 0 saturated carbocycles.